The van der Waals surface area contributed by atoms with E-state index in [1.54, 1.807) is 18.3 Å². The molecule has 0 radical (unpaired) electrons. The fourth-order valence-corrected chi connectivity index (χ4v) is 4.44. The maximum absolute atomic E-state index is 12.9. The highest BCUT2D eigenvalue weighted by molar-refractivity contribution is 7.10. The zero-order valence-electron chi connectivity index (χ0n) is 15.1. The van der Waals surface area contributed by atoms with Gasteiger partial charge in [-0.25, -0.2) is 9.97 Å². The molecule has 0 aliphatic carbocycles. The lowest BCUT2D eigenvalue weighted by Crippen LogP contribution is -2.36. The number of amides is 2. The van der Waals surface area contributed by atoms with Crippen molar-refractivity contribution in [1.29, 1.82) is 0 Å². The summed E-state index contributed by atoms with van der Waals surface area (Å²) >= 11 is 1.60. The molecule has 136 valence electrons. The van der Waals surface area contributed by atoms with E-state index < -0.39 is 0 Å². The van der Waals surface area contributed by atoms with Crippen LogP contribution in [0.2, 0.25) is 0 Å². The SMILES string of the molecule is CC(=O)N1CCc2nc([C@H]3CCCN3C(=O)c3csc(C)c3)ncc2C1. The molecule has 1 atom stereocenters. The summed E-state index contributed by atoms with van der Waals surface area (Å²) in [5.74, 6) is 0.886. The van der Waals surface area contributed by atoms with Gasteiger partial charge in [-0.15, -0.1) is 11.3 Å². The highest BCUT2D eigenvalue weighted by Crippen LogP contribution is 2.32. The van der Waals surface area contributed by atoms with Crippen LogP contribution in [0, 0.1) is 6.92 Å². The quantitative estimate of drug-likeness (QED) is 0.815. The van der Waals surface area contributed by atoms with Crippen LogP contribution in [0.15, 0.2) is 17.6 Å². The zero-order valence-corrected chi connectivity index (χ0v) is 15.9. The molecule has 2 aliphatic heterocycles. The third-order valence-electron chi connectivity index (χ3n) is 5.19. The molecule has 0 saturated carbocycles. The van der Waals surface area contributed by atoms with Crippen molar-refractivity contribution in [2.75, 3.05) is 13.1 Å². The first-order chi connectivity index (χ1) is 12.5. The van der Waals surface area contributed by atoms with E-state index in [4.69, 9.17) is 4.98 Å². The maximum Gasteiger partial charge on any atom is 0.255 e. The molecule has 6 nitrogen and oxygen atoms in total. The third-order valence-corrected chi connectivity index (χ3v) is 6.05. The first-order valence-electron chi connectivity index (χ1n) is 8.99. The Morgan fingerprint density at radius 1 is 1.31 bits per heavy atom. The predicted octanol–water partition coefficient (Wildman–Crippen LogP) is 2.73. The lowest BCUT2D eigenvalue weighted by atomic mass is 10.1. The van der Waals surface area contributed by atoms with Gasteiger partial charge in [0.15, 0.2) is 5.82 Å². The van der Waals surface area contributed by atoms with Crippen LogP contribution >= 0.6 is 11.3 Å². The molecule has 7 heteroatoms. The number of fused-ring (bicyclic) bond motifs is 1. The summed E-state index contributed by atoms with van der Waals surface area (Å²) in [7, 11) is 0. The van der Waals surface area contributed by atoms with E-state index in [0.717, 1.165) is 53.3 Å². The van der Waals surface area contributed by atoms with E-state index in [-0.39, 0.29) is 17.9 Å². The highest BCUT2D eigenvalue weighted by Gasteiger charge is 2.33. The van der Waals surface area contributed by atoms with Crippen molar-refractivity contribution in [2.45, 2.75) is 45.7 Å². The summed E-state index contributed by atoms with van der Waals surface area (Å²) in [6.07, 6.45) is 4.45. The molecule has 2 aromatic rings. The summed E-state index contributed by atoms with van der Waals surface area (Å²) in [6.45, 7) is 5.62. The minimum atomic E-state index is -0.0566. The first-order valence-corrected chi connectivity index (χ1v) is 9.87. The molecule has 4 rings (SSSR count). The number of nitrogens with zero attached hydrogens (tertiary/aromatic N) is 4. The second-order valence-electron chi connectivity index (χ2n) is 6.99. The fourth-order valence-electron chi connectivity index (χ4n) is 3.76. The summed E-state index contributed by atoms with van der Waals surface area (Å²) in [6, 6.07) is 1.89. The molecular formula is C19H22N4O2S. The predicted molar refractivity (Wildman–Crippen MR) is 98.9 cm³/mol. The molecule has 0 aromatic carbocycles. The maximum atomic E-state index is 12.9. The number of carbonyl (C=O) groups is 2. The first kappa shape index (κ1) is 17.1. The average molecular weight is 370 g/mol. The lowest BCUT2D eigenvalue weighted by Gasteiger charge is -2.28. The number of hydrogen-bond acceptors (Lipinski definition) is 5. The van der Waals surface area contributed by atoms with E-state index in [0.29, 0.717) is 13.1 Å². The van der Waals surface area contributed by atoms with Gasteiger partial charge in [-0.05, 0) is 25.8 Å². The van der Waals surface area contributed by atoms with Crippen molar-refractivity contribution >= 4 is 23.2 Å². The van der Waals surface area contributed by atoms with Crippen molar-refractivity contribution in [1.82, 2.24) is 19.8 Å². The molecule has 1 fully saturated rings. The van der Waals surface area contributed by atoms with Crippen LogP contribution in [0.5, 0.6) is 0 Å². The van der Waals surface area contributed by atoms with Crippen LogP contribution in [-0.2, 0) is 17.8 Å². The summed E-state index contributed by atoms with van der Waals surface area (Å²) in [5.41, 5.74) is 2.78. The summed E-state index contributed by atoms with van der Waals surface area (Å²) in [5, 5.41) is 1.93. The Kier molecular flexibility index (Phi) is 4.48. The van der Waals surface area contributed by atoms with Crippen LogP contribution < -0.4 is 0 Å². The molecule has 0 unspecified atom stereocenters. The van der Waals surface area contributed by atoms with Gasteiger partial charge in [0.05, 0.1) is 17.3 Å². The molecule has 0 spiro atoms. The molecule has 0 bridgehead atoms. The van der Waals surface area contributed by atoms with Gasteiger partial charge in [0.1, 0.15) is 0 Å². The third kappa shape index (κ3) is 3.11. The molecule has 26 heavy (non-hydrogen) atoms. The van der Waals surface area contributed by atoms with E-state index in [1.165, 1.54) is 0 Å². The van der Waals surface area contributed by atoms with Gasteiger partial charge in [0, 0.05) is 55.0 Å². The number of hydrogen-bond donors (Lipinski definition) is 0. The minimum Gasteiger partial charge on any atom is -0.338 e. The van der Waals surface area contributed by atoms with Gasteiger partial charge in [0.25, 0.3) is 5.91 Å². The number of likely N-dealkylation sites (tertiary alicyclic amines) is 1. The molecule has 0 N–H and O–H groups in total. The monoisotopic (exact) mass is 370 g/mol. The molecular weight excluding hydrogens is 348 g/mol. The topological polar surface area (TPSA) is 66.4 Å². The number of rotatable bonds is 2. The van der Waals surface area contributed by atoms with E-state index in [2.05, 4.69) is 4.98 Å². The van der Waals surface area contributed by atoms with Crippen molar-refractivity contribution in [3.05, 3.63) is 45.2 Å². The van der Waals surface area contributed by atoms with Gasteiger partial charge >= 0.3 is 0 Å². The minimum absolute atomic E-state index is 0.0566. The van der Waals surface area contributed by atoms with Gasteiger partial charge in [-0.1, -0.05) is 0 Å². The largest absolute Gasteiger partial charge is 0.338 e. The second kappa shape index (κ2) is 6.79. The van der Waals surface area contributed by atoms with Gasteiger partial charge < -0.3 is 9.80 Å². The van der Waals surface area contributed by atoms with Crippen LogP contribution in [0.3, 0.4) is 0 Å². The fraction of sp³-hybridized carbons (Fsp3) is 0.474. The van der Waals surface area contributed by atoms with E-state index in [9.17, 15) is 9.59 Å². The molecule has 2 amide bonds. The molecule has 4 heterocycles. The zero-order chi connectivity index (χ0) is 18.3. The smallest absolute Gasteiger partial charge is 0.255 e. The van der Waals surface area contributed by atoms with Crippen LogP contribution in [0.1, 0.15) is 58.1 Å². The molecule has 2 aromatic heterocycles. The Balaban J connectivity index is 1.57. The van der Waals surface area contributed by atoms with Gasteiger partial charge in [0.2, 0.25) is 5.91 Å². The molecule has 2 aliphatic rings. The number of carbonyl (C=O) groups excluding carboxylic acids is 2. The normalized spacial score (nSPS) is 19.5. The Bertz CT molecular complexity index is 863. The Morgan fingerprint density at radius 2 is 2.15 bits per heavy atom. The van der Waals surface area contributed by atoms with Crippen molar-refractivity contribution in [3.63, 3.8) is 0 Å². The number of thiophene rings is 1. The standard InChI is InChI=1S/C19H22N4O2S/c1-12-8-14(11-26-12)19(25)23-6-3-4-17(23)18-20-9-15-10-22(13(2)24)7-5-16(15)21-18/h8-9,11,17H,3-7,10H2,1-2H3/t17-/m1/s1. The Hall–Kier alpha value is -2.28. The summed E-state index contributed by atoms with van der Waals surface area (Å²) in [4.78, 5) is 38.7. The number of aryl methyl sites for hydroxylation is 1. The van der Waals surface area contributed by atoms with Gasteiger partial charge in [-0.3, -0.25) is 9.59 Å². The number of aromatic nitrogens is 2. The average Bonchev–Trinajstić information content (AvgIpc) is 3.29. The Labute approximate surface area is 156 Å². The van der Waals surface area contributed by atoms with Crippen molar-refractivity contribution < 1.29 is 9.59 Å². The van der Waals surface area contributed by atoms with Crippen molar-refractivity contribution in [3.8, 4) is 0 Å². The molecule has 1 saturated heterocycles. The van der Waals surface area contributed by atoms with E-state index >= 15 is 0 Å². The second-order valence-corrected chi connectivity index (χ2v) is 8.11. The van der Waals surface area contributed by atoms with E-state index in [1.807, 2.05) is 34.4 Å². The lowest BCUT2D eigenvalue weighted by molar-refractivity contribution is -0.129. The van der Waals surface area contributed by atoms with Crippen LogP contribution in [-0.4, -0.2) is 44.7 Å². The highest BCUT2D eigenvalue weighted by atomic mass is 32.1. The van der Waals surface area contributed by atoms with Crippen LogP contribution in [0.4, 0.5) is 0 Å². The van der Waals surface area contributed by atoms with Crippen LogP contribution in [0.25, 0.3) is 0 Å². The van der Waals surface area contributed by atoms with Crippen molar-refractivity contribution in [2.24, 2.45) is 0 Å². The summed E-state index contributed by atoms with van der Waals surface area (Å²) < 4.78 is 0. The Morgan fingerprint density at radius 3 is 2.88 bits per heavy atom. The van der Waals surface area contributed by atoms with Gasteiger partial charge in [-0.2, -0.15) is 0 Å².